The van der Waals surface area contributed by atoms with Crippen molar-refractivity contribution in [2.75, 3.05) is 0 Å². The molecule has 0 bridgehead atoms. The third-order valence-electron chi connectivity index (χ3n) is 0.241. The standard InChI is InChI=1S/C2H4ClNO2S/c3-1-2-7(4,5)6/h1-2H,(H2,4,5,6). The molecular formula is C2H4ClNO2S. The number of nitrogens with two attached hydrogens (primary N) is 1. The van der Waals surface area contributed by atoms with Crippen LogP contribution in [0.5, 0.6) is 0 Å². The number of sulfonamides is 1. The first-order valence-corrected chi connectivity index (χ1v) is 3.40. The van der Waals surface area contributed by atoms with Gasteiger partial charge in [0.05, 0.1) is 5.41 Å². The second-order valence-corrected chi connectivity index (χ2v) is 2.55. The number of rotatable bonds is 1. The van der Waals surface area contributed by atoms with Crippen LogP contribution in [0.1, 0.15) is 0 Å². The Bertz CT molecular complexity index is 159. The Morgan fingerprint density at radius 1 is 1.57 bits per heavy atom. The number of hydrogen-bond acceptors (Lipinski definition) is 2. The van der Waals surface area contributed by atoms with Crippen molar-refractivity contribution in [3.05, 3.63) is 10.9 Å². The summed E-state index contributed by atoms with van der Waals surface area (Å²) in [4.78, 5) is 0. The summed E-state index contributed by atoms with van der Waals surface area (Å²) in [5, 5.41) is 5.15. The van der Waals surface area contributed by atoms with E-state index in [9.17, 15) is 8.42 Å². The average molecular weight is 142 g/mol. The molecule has 2 N–H and O–H groups in total. The molecule has 0 saturated carbocycles. The summed E-state index contributed by atoms with van der Waals surface area (Å²) in [7, 11) is -3.49. The van der Waals surface area contributed by atoms with Crippen LogP contribution in [0, 0.1) is 0 Å². The molecule has 0 amide bonds. The van der Waals surface area contributed by atoms with Crippen LogP contribution in [0.3, 0.4) is 0 Å². The van der Waals surface area contributed by atoms with Crippen LogP contribution in [-0.2, 0) is 10.0 Å². The van der Waals surface area contributed by atoms with Gasteiger partial charge in [-0.2, -0.15) is 0 Å². The molecule has 0 aromatic carbocycles. The molecule has 0 rings (SSSR count). The van der Waals surface area contributed by atoms with E-state index in [0.717, 1.165) is 5.54 Å². The van der Waals surface area contributed by atoms with Crippen LogP contribution >= 0.6 is 11.6 Å². The quantitative estimate of drug-likeness (QED) is 0.558. The summed E-state index contributed by atoms with van der Waals surface area (Å²) in [6.45, 7) is 0. The SMILES string of the molecule is NS(=O)(=O)C=CCl. The molecule has 42 valence electrons. The number of halogens is 1. The third kappa shape index (κ3) is 5.94. The minimum absolute atomic E-state index is 0.703. The Morgan fingerprint density at radius 3 is 2.00 bits per heavy atom. The van der Waals surface area contributed by atoms with Crippen LogP contribution in [0.25, 0.3) is 0 Å². The van der Waals surface area contributed by atoms with Crippen LogP contribution in [-0.4, -0.2) is 8.42 Å². The number of hydrogen-bond donors (Lipinski definition) is 1. The highest BCUT2D eigenvalue weighted by Gasteiger charge is 1.88. The lowest BCUT2D eigenvalue weighted by Gasteiger charge is -1.77. The van der Waals surface area contributed by atoms with E-state index in [-0.39, 0.29) is 0 Å². The van der Waals surface area contributed by atoms with E-state index in [1.807, 2.05) is 0 Å². The Balaban J connectivity index is 4.13. The first-order valence-electron chi connectivity index (χ1n) is 1.36. The topological polar surface area (TPSA) is 60.2 Å². The van der Waals surface area contributed by atoms with Gasteiger partial charge in [0, 0.05) is 5.54 Å². The molecule has 0 aliphatic heterocycles. The third-order valence-corrected chi connectivity index (χ3v) is 1.03. The van der Waals surface area contributed by atoms with Gasteiger partial charge in [0.15, 0.2) is 0 Å². The van der Waals surface area contributed by atoms with Crippen molar-refractivity contribution in [3.63, 3.8) is 0 Å². The molecule has 0 spiro atoms. The lowest BCUT2D eigenvalue weighted by Crippen LogP contribution is -2.06. The van der Waals surface area contributed by atoms with E-state index in [4.69, 9.17) is 11.6 Å². The second kappa shape index (κ2) is 2.30. The molecule has 0 unspecified atom stereocenters. The lowest BCUT2D eigenvalue weighted by molar-refractivity contribution is 0.606. The number of primary sulfonamides is 1. The summed E-state index contributed by atoms with van der Waals surface area (Å²) < 4.78 is 19.7. The van der Waals surface area contributed by atoms with Crippen LogP contribution < -0.4 is 5.14 Å². The first-order chi connectivity index (χ1) is 3.06. The van der Waals surface area contributed by atoms with Crippen molar-refractivity contribution in [2.24, 2.45) is 5.14 Å². The van der Waals surface area contributed by atoms with Crippen molar-refractivity contribution in [1.29, 1.82) is 0 Å². The van der Waals surface area contributed by atoms with E-state index >= 15 is 0 Å². The summed E-state index contributed by atoms with van der Waals surface area (Å²) in [5.74, 6) is 0. The van der Waals surface area contributed by atoms with Crippen molar-refractivity contribution < 1.29 is 8.42 Å². The molecule has 0 atom stereocenters. The molecule has 0 aliphatic rings. The average Bonchev–Trinajstić information content (AvgIpc) is 1.30. The molecule has 0 saturated heterocycles. The van der Waals surface area contributed by atoms with Crippen molar-refractivity contribution in [3.8, 4) is 0 Å². The van der Waals surface area contributed by atoms with E-state index < -0.39 is 10.0 Å². The summed E-state index contributed by atoms with van der Waals surface area (Å²) in [6, 6.07) is 0. The summed E-state index contributed by atoms with van der Waals surface area (Å²) >= 11 is 4.85. The zero-order valence-electron chi connectivity index (χ0n) is 3.33. The van der Waals surface area contributed by atoms with Gasteiger partial charge in [-0.1, -0.05) is 11.6 Å². The molecule has 0 fully saturated rings. The highest BCUT2D eigenvalue weighted by Crippen LogP contribution is 1.82. The summed E-state index contributed by atoms with van der Waals surface area (Å²) in [5.41, 5.74) is 0.843. The minimum Gasteiger partial charge on any atom is -0.225 e. The van der Waals surface area contributed by atoms with Crippen LogP contribution in [0.15, 0.2) is 10.9 Å². The fourth-order valence-corrected chi connectivity index (χ4v) is 0.645. The van der Waals surface area contributed by atoms with E-state index in [1.165, 1.54) is 0 Å². The maximum atomic E-state index is 9.84. The highest BCUT2D eigenvalue weighted by molar-refractivity contribution is 7.92. The molecular weight excluding hydrogens is 138 g/mol. The van der Waals surface area contributed by atoms with Gasteiger partial charge in [-0.15, -0.1) is 0 Å². The van der Waals surface area contributed by atoms with Gasteiger partial charge in [-0.25, -0.2) is 13.6 Å². The maximum Gasteiger partial charge on any atom is 0.232 e. The minimum atomic E-state index is -3.49. The van der Waals surface area contributed by atoms with E-state index in [0.29, 0.717) is 5.41 Å². The van der Waals surface area contributed by atoms with Gasteiger partial charge in [0.1, 0.15) is 0 Å². The Labute approximate surface area is 46.8 Å². The molecule has 3 nitrogen and oxygen atoms in total. The van der Waals surface area contributed by atoms with E-state index in [2.05, 4.69) is 5.14 Å². The van der Waals surface area contributed by atoms with Gasteiger partial charge in [-0.05, 0) is 0 Å². The first kappa shape index (κ1) is 6.94. The van der Waals surface area contributed by atoms with Crippen molar-refractivity contribution in [2.45, 2.75) is 0 Å². The van der Waals surface area contributed by atoms with Gasteiger partial charge >= 0.3 is 0 Å². The van der Waals surface area contributed by atoms with Gasteiger partial charge < -0.3 is 0 Å². The predicted octanol–water partition coefficient (Wildman–Crippen LogP) is -0.0151. The Kier molecular flexibility index (Phi) is 2.28. The maximum absolute atomic E-state index is 9.84. The molecule has 0 aromatic heterocycles. The van der Waals surface area contributed by atoms with Gasteiger partial charge in [0.25, 0.3) is 0 Å². The monoisotopic (exact) mass is 141 g/mol. The molecule has 5 heteroatoms. The lowest BCUT2D eigenvalue weighted by atomic mass is 11.3. The van der Waals surface area contributed by atoms with E-state index in [1.54, 1.807) is 0 Å². The normalized spacial score (nSPS) is 12.9. The van der Waals surface area contributed by atoms with Crippen molar-refractivity contribution >= 4 is 21.6 Å². The smallest absolute Gasteiger partial charge is 0.225 e. The molecule has 0 aromatic rings. The van der Waals surface area contributed by atoms with Gasteiger partial charge in [0.2, 0.25) is 10.0 Å². The van der Waals surface area contributed by atoms with Crippen LogP contribution in [0.2, 0.25) is 0 Å². The van der Waals surface area contributed by atoms with Gasteiger partial charge in [-0.3, -0.25) is 0 Å². The highest BCUT2D eigenvalue weighted by atomic mass is 35.5. The fraction of sp³-hybridized carbons (Fsp3) is 0. The van der Waals surface area contributed by atoms with Crippen LogP contribution in [0.4, 0.5) is 0 Å². The Hall–Kier alpha value is -0.0600. The molecule has 7 heavy (non-hydrogen) atoms. The molecule has 0 radical (unpaired) electrons. The molecule has 0 heterocycles. The fourth-order valence-electron chi connectivity index (χ4n) is 0.0717. The molecule has 0 aliphatic carbocycles. The summed E-state index contributed by atoms with van der Waals surface area (Å²) in [6.07, 6.45) is 0. The largest absolute Gasteiger partial charge is 0.232 e. The second-order valence-electron chi connectivity index (χ2n) is 0.851. The van der Waals surface area contributed by atoms with Crippen molar-refractivity contribution in [1.82, 2.24) is 0 Å². The zero-order valence-corrected chi connectivity index (χ0v) is 4.91. The zero-order chi connectivity index (χ0) is 5.91. The predicted molar refractivity (Wildman–Crippen MR) is 28.1 cm³/mol. The Morgan fingerprint density at radius 2 is 2.00 bits per heavy atom.